The Bertz CT molecular complexity index is 297. The molecular weight excluding hydrogens is 267 g/mol. The van der Waals surface area contributed by atoms with E-state index in [1.165, 1.54) is 0 Å². The number of hydrogen-bond donors (Lipinski definition) is 2. The summed E-state index contributed by atoms with van der Waals surface area (Å²) in [6, 6.07) is 0. The van der Waals surface area contributed by atoms with Gasteiger partial charge in [0, 0.05) is 12.2 Å². The van der Waals surface area contributed by atoms with Crippen LogP contribution in [-0.4, -0.2) is 28.5 Å². The number of esters is 1. The lowest BCUT2D eigenvalue weighted by Crippen LogP contribution is -2.01. The minimum Gasteiger partial charge on any atom is -0.463 e. The smallest absolute Gasteiger partial charge is 0.330 e. The number of carbonyl (C=O) groups is 1. The number of rotatable bonds is 12. The topological polar surface area (TPSA) is 83.8 Å². The molecule has 19 heavy (non-hydrogen) atoms. The van der Waals surface area contributed by atoms with Gasteiger partial charge in [-0.05, 0) is 12.8 Å². The van der Waals surface area contributed by atoms with Gasteiger partial charge in [0.25, 0.3) is 0 Å². The number of hydrogen-bond acceptors (Lipinski definition) is 3. The third-order valence-electron chi connectivity index (χ3n) is 2.75. The summed E-state index contributed by atoms with van der Waals surface area (Å²) in [5.74, 6) is -0.370. The maximum Gasteiger partial charge on any atom is 0.330 e. The summed E-state index contributed by atoms with van der Waals surface area (Å²) >= 11 is 0. The molecule has 2 N–H and O–H groups in total. The Morgan fingerprint density at radius 2 is 1.47 bits per heavy atom. The number of carbonyl (C=O) groups excluding carboxylic acids is 1. The monoisotopic (exact) mass is 292 g/mol. The molecule has 0 fully saturated rings. The van der Waals surface area contributed by atoms with Crippen LogP contribution >= 0.6 is 7.60 Å². The van der Waals surface area contributed by atoms with E-state index in [1.807, 2.05) is 0 Å². The highest BCUT2D eigenvalue weighted by Gasteiger charge is 2.10. The van der Waals surface area contributed by atoms with E-state index in [9.17, 15) is 9.36 Å². The van der Waals surface area contributed by atoms with Crippen LogP contribution in [0, 0.1) is 0 Å². The van der Waals surface area contributed by atoms with Crippen LogP contribution in [0.2, 0.25) is 0 Å². The molecule has 0 aliphatic heterocycles. The average molecular weight is 292 g/mol. The van der Waals surface area contributed by atoms with E-state index in [0.29, 0.717) is 13.0 Å². The lowest BCUT2D eigenvalue weighted by Gasteiger charge is -2.04. The van der Waals surface area contributed by atoms with Crippen LogP contribution in [0.1, 0.15) is 51.4 Å². The van der Waals surface area contributed by atoms with E-state index < -0.39 is 7.60 Å². The van der Waals surface area contributed by atoms with Crippen molar-refractivity contribution in [3.63, 3.8) is 0 Å². The van der Waals surface area contributed by atoms with E-state index in [4.69, 9.17) is 14.5 Å². The molecule has 0 bridgehead atoms. The van der Waals surface area contributed by atoms with Crippen LogP contribution < -0.4 is 0 Å². The molecular formula is C13H25O5P. The highest BCUT2D eigenvalue weighted by Crippen LogP contribution is 2.35. The van der Waals surface area contributed by atoms with Crippen LogP contribution in [0.5, 0.6) is 0 Å². The van der Waals surface area contributed by atoms with Gasteiger partial charge < -0.3 is 14.5 Å². The molecule has 0 aliphatic carbocycles. The Morgan fingerprint density at radius 3 is 1.95 bits per heavy atom. The van der Waals surface area contributed by atoms with Crippen LogP contribution in [0.3, 0.4) is 0 Å². The quantitative estimate of drug-likeness (QED) is 0.250. The lowest BCUT2D eigenvalue weighted by atomic mass is 10.1. The molecule has 0 aliphatic rings. The first-order valence-electron chi connectivity index (χ1n) is 6.79. The Balaban J connectivity index is 3.13. The normalized spacial score (nSPS) is 11.3. The number of ether oxygens (including phenoxy) is 1. The van der Waals surface area contributed by atoms with Gasteiger partial charge in [-0.2, -0.15) is 0 Å². The van der Waals surface area contributed by atoms with Crippen molar-refractivity contribution < 1.29 is 23.9 Å². The van der Waals surface area contributed by atoms with E-state index in [0.717, 1.165) is 51.0 Å². The van der Waals surface area contributed by atoms with Crippen molar-refractivity contribution in [2.45, 2.75) is 51.4 Å². The van der Waals surface area contributed by atoms with Crippen LogP contribution in [0.25, 0.3) is 0 Å². The van der Waals surface area contributed by atoms with E-state index in [1.54, 1.807) is 0 Å². The fourth-order valence-corrected chi connectivity index (χ4v) is 2.35. The SMILES string of the molecule is C=CC(=O)OCCCCCCCCCCP(=O)(O)O. The molecule has 5 nitrogen and oxygen atoms in total. The molecule has 0 amide bonds. The van der Waals surface area contributed by atoms with E-state index in [2.05, 4.69) is 6.58 Å². The van der Waals surface area contributed by atoms with Crippen molar-refractivity contribution in [1.82, 2.24) is 0 Å². The summed E-state index contributed by atoms with van der Waals surface area (Å²) in [6.07, 6.45) is 8.88. The second kappa shape index (κ2) is 11.2. The molecule has 112 valence electrons. The first kappa shape index (κ1) is 18.4. The first-order valence-corrected chi connectivity index (χ1v) is 8.59. The van der Waals surface area contributed by atoms with Crippen LogP contribution in [0.4, 0.5) is 0 Å². The van der Waals surface area contributed by atoms with Crippen LogP contribution in [0.15, 0.2) is 12.7 Å². The summed E-state index contributed by atoms with van der Waals surface area (Å²) in [5.41, 5.74) is 0. The predicted octanol–water partition coefficient (Wildman–Crippen LogP) is 3.01. The first-order chi connectivity index (χ1) is 8.95. The molecule has 0 atom stereocenters. The van der Waals surface area contributed by atoms with Gasteiger partial charge in [-0.1, -0.05) is 45.1 Å². The Hall–Kier alpha value is -0.640. The van der Waals surface area contributed by atoms with Gasteiger partial charge in [0.05, 0.1) is 6.61 Å². The van der Waals surface area contributed by atoms with Gasteiger partial charge in [0.1, 0.15) is 0 Å². The van der Waals surface area contributed by atoms with Crippen LogP contribution in [-0.2, 0) is 14.1 Å². The third-order valence-corrected chi connectivity index (χ3v) is 3.65. The molecule has 0 saturated carbocycles. The minimum atomic E-state index is -3.80. The molecule has 0 aromatic rings. The van der Waals surface area contributed by atoms with Gasteiger partial charge in [-0.25, -0.2) is 4.79 Å². The minimum absolute atomic E-state index is 0.00166. The molecule has 0 aromatic carbocycles. The van der Waals surface area contributed by atoms with Gasteiger partial charge in [-0.15, -0.1) is 0 Å². The van der Waals surface area contributed by atoms with Crippen molar-refractivity contribution in [2.75, 3.05) is 12.8 Å². The zero-order valence-electron chi connectivity index (χ0n) is 11.4. The number of unbranched alkanes of at least 4 members (excludes halogenated alkanes) is 7. The summed E-state index contributed by atoms with van der Waals surface area (Å²) in [5, 5.41) is 0. The summed E-state index contributed by atoms with van der Waals surface area (Å²) in [6.45, 7) is 3.77. The van der Waals surface area contributed by atoms with Crippen molar-refractivity contribution >= 4 is 13.6 Å². The van der Waals surface area contributed by atoms with Gasteiger partial charge in [0.2, 0.25) is 0 Å². The van der Waals surface area contributed by atoms with Gasteiger partial charge in [0.15, 0.2) is 0 Å². The zero-order chi connectivity index (χ0) is 14.6. The van der Waals surface area contributed by atoms with Gasteiger partial charge >= 0.3 is 13.6 Å². The summed E-state index contributed by atoms with van der Waals surface area (Å²) in [7, 11) is -3.80. The maximum atomic E-state index is 10.7. The highest BCUT2D eigenvalue weighted by atomic mass is 31.2. The molecule has 0 unspecified atom stereocenters. The summed E-state index contributed by atoms with van der Waals surface area (Å²) in [4.78, 5) is 28.1. The largest absolute Gasteiger partial charge is 0.463 e. The lowest BCUT2D eigenvalue weighted by molar-refractivity contribution is -0.137. The molecule has 0 rings (SSSR count). The fourth-order valence-electron chi connectivity index (χ4n) is 1.71. The third kappa shape index (κ3) is 15.3. The molecule has 0 saturated heterocycles. The van der Waals surface area contributed by atoms with E-state index >= 15 is 0 Å². The molecule has 0 heterocycles. The zero-order valence-corrected chi connectivity index (χ0v) is 12.3. The predicted molar refractivity (Wildman–Crippen MR) is 75.0 cm³/mol. The molecule has 0 radical (unpaired) electrons. The average Bonchev–Trinajstić information content (AvgIpc) is 2.34. The second-order valence-electron chi connectivity index (χ2n) is 4.59. The second-order valence-corrected chi connectivity index (χ2v) is 6.36. The fraction of sp³-hybridized carbons (Fsp3) is 0.769. The Labute approximate surface area is 115 Å². The van der Waals surface area contributed by atoms with Crippen molar-refractivity contribution in [3.8, 4) is 0 Å². The Morgan fingerprint density at radius 1 is 1.00 bits per heavy atom. The standard InChI is InChI=1S/C13H25O5P/c1-2-13(14)18-11-9-7-5-3-4-6-8-10-12-19(15,16)17/h2H,1,3-12H2,(H2,15,16,17). The van der Waals surface area contributed by atoms with E-state index in [-0.39, 0.29) is 12.1 Å². The Kier molecular flexibility index (Phi) is 10.8. The highest BCUT2D eigenvalue weighted by molar-refractivity contribution is 7.51. The maximum absolute atomic E-state index is 10.7. The van der Waals surface area contributed by atoms with Crippen molar-refractivity contribution in [2.24, 2.45) is 0 Å². The molecule has 0 aromatic heterocycles. The molecule has 6 heteroatoms. The van der Waals surface area contributed by atoms with Crippen molar-refractivity contribution in [3.05, 3.63) is 12.7 Å². The molecule has 0 spiro atoms. The summed E-state index contributed by atoms with van der Waals surface area (Å²) < 4.78 is 15.4. The van der Waals surface area contributed by atoms with Gasteiger partial charge in [-0.3, -0.25) is 4.57 Å². The van der Waals surface area contributed by atoms with Crippen molar-refractivity contribution in [1.29, 1.82) is 0 Å².